The maximum atomic E-state index is 15.1. The first-order valence-corrected chi connectivity index (χ1v) is 14.7. The van der Waals surface area contributed by atoms with Gasteiger partial charge in [0.1, 0.15) is 17.7 Å². The summed E-state index contributed by atoms with van der Waals surface area (Å²) >= 11 is 3.27. The molecule has 4 atom stereocenters. The van der Waals surface area contributed by atoms with Crippen LogP contribution in [0.1, 0.15) is 74.7 Å². The van der Waals surface area contributed by atoms with Crippen LogP contribution < -0.4 is 21.1 Å². The maximum absolute atomic E-state index is 15.1. The number of carbonyl (C=O) groups excluding carboxylic acids is 4. The third-order valence-corrected chi connectivity index (χ3v) is 7.40. The second-order valence-electron chi connectivity index (χ2n) is 10.0. The molecule has 2 aromatic rings. The number of hydrogen-bond acceptors (Lipinski definition) is 9. The first-order chi connectivity index (χ1) is 20.0. The zero-order valence-corrected chi connectivity index (χ0v) is 25.4. The lowest BCUT2D eigenvalue weighted by Crippen LogP contribution is -2.38. The molecule has 1 aromatic heterocycles. The van der Waals surface area contributed by atoms with Gasteiger partial charge in [-0.3, -0.25) is 14.9 Å². The van der Waals surface area contributed by atoms with E-state index in [4.69, 9.17) is 19.9 Å². The molecule has 2 unspecified atom stereocenters. The van der Waals surface area contributed by atoms with Gasteiger partial charge < -0.3 is 25.3 Å². The zero-order chi connectivity index (χ0) is 30.8. The standard InChI is InChI=1S/C29H36BrFN4O7/c1-4-16(3)25(32)27(37)40-12-6-7-13-41-29(39)42-26-18(22(36)5-2)9-10-20(31)24(26)19-14-21(19)34-28(38)35-23-11-8-17(30)15-33-23/h8-11,15-16,19,21,25H,4-7,12-14,32H2,1-3H3,(H2,33,34,35,38)/t16-,19?,21?,25-/m0/s1. The fourth-order valence-corrected chi connectivity index (χ4v) is 4.35. The molecule has 0 saturated heterocycles. The quantitative estimate of drug-likeness (QED) is 0.104. The lowest BCUT2D eigenvalue weighted by molar-refractivity contribution is -0.146. The average Bonchev–Trinajstić information content (AvgIpc) is 3.72. The van der Waals surface area contributed by atoms with Crippen LogP contribution in [0.2, 0.25) is 0 Å². The lowest BCUT2D eigenvalue weighted by Gasteiger charge is -2.17. The van der Waals surface area contributed by atoms with Crippen molar-refractivity contribution in [2.75, 3.05) is 18.5 Å². The van der Waals surface area contributed by atoms with Crippen molar-refractivity contribution in [3.05, 3.63) is 51.9 Å². The summed E-state index contributed by atoms with van der Waals surface area (Å²) in [7, 11) is 0. The third kappa shape index (κ3) is 9.21. The third-order valence-electron chi connectivity index (χ3n) is 6.93. The highest BCUT2D eigenvalue weighted by atomic mass is 79.9. The summed E-state index contributed by atoms with van der Waals surface area (Å²) in [6.07, 6.45) is 2.44. The normalized spacial score (nSPS) is 17.0. The number of urea groups is 1. The Hall–Kier alpha value is -3.58. The van der Waals surface area contributed by atoms with Crippen molar-refractivity contribution in [3.63, 3.8) is 0 Å². The summed E-state index contributed by atoms with van der Waals surface area (Å²) in [5.41, 5.74) is 5.91. The van der Waals surface area contributed by atoms with Crippen LogP contribution in [0, 0.1) is 11.7 Å². The number of halogens is 2. The molecule has 13 heteroatoms. The molecule has 1 fully saturated rings. The van der Waals surface area contributed by atoms with Crippen LogP contribution >= 0.6 is 15.9 Å². The number of hydrogen-bond donors (Lipinski definition) is 3. The molecule has 0 bridgehead atoms. The van der Waals surface area contributed by atoms with Crippen LogP contribution in [0.15, 0.2) is 34.9 Å². The van der Waals surface area contributed by atoms with Gasteiger partial charge >= 0.3 is 18.2 Å². The van der Waals surface area contributed by atoms with Crippen LogP contribution in [0.3, 0.4) is 0 Å². The average molecular weight is 652 g/mol. The molecule has 0 spiro atoms. The van der Waals surface area contributed by atoms with E-state index < -0.39 is 42.0 Å². The van der Waals surface area contributed by atoms with E-state index in [1.807, 2.05) is 13.8 Å². The Morgan fingerprint density at radius 2 is 1.83 bits per heavy atom. The van der Waals surface area contributed by atoms with E-state index in [-0.39, 0.29) is 48.2 Å². The molecule has 4 N–H and O–H groups in total. The Balaban J connectivity index is 1.57. The van der Waals surface area contributed by atoms with Gasteiger partial charge in [0.25, 0.3) is 0 Å². The fraction of sp³-hybridized carbons (Fsp3) is 0.483. The molecule has 3 rings (SSSR count). The number of aromatic nitrogens is 1. The van der Waals surface area contributed by atoms with Crippen LogP contribution in [0.5, 0.6) is 5.75 Å². The number of nitrogens with two attached hydrogens (primary N) is 1. The summed E-state index contributed by atoms with van der Waals surface area (Å²) in [5, 5.41) is 5.35. The number of ketones is 1. The van der Waals surface area contributed by atoms with Crippen molar-refractivity contribution in [2.45, 2.75) is 70.9 Å². The van der Waals surface area contributed by atoms with E-state index in [9.17, 15) is 19.2 Å². The van der Waals surface area contributed by atoms with Gasteiger partial charge in [-0.25, -0.2) is 19.0 Å². The van der Waals surface area contributed by atoms with E-state index >= 15 is 4.39 Å². The van der Waals surface area contributed by atoms with Crippen molar-refractivity contribution in [3.8, 4) is 5.75 Å². The van der Waals surface area contributed by atoms with E-state index in [0.717, 1.165) is 17.0 Å². The van der Waals surface area contributed by atoms with E-state index in [2.05, 4.69) is 31.5 Å². The molecule has 0 radical (unpaired) electrons. The highest BCUT2D eigenvalue weighted by Crippen LogP contribution is 2.47. The second kappa shape index (κ2) is 15.6. The zero-order valence-electron chi connectivity index (χ0n) is 23.8. The largest absolute Gasteiger partial charge is 0.513 e. The van der Waals surface area contributed by atoms with Crippen molar-refractivity contribution >= 4 is 45.7 Å². The van der Waals surface area contributed by atoms with E-state index in [0.29, 0.717) is 25.1 Å². The number of rotatable bonds is 14. The summed E-state index contributed by atoms with van der Waals surface area (Å²) in [5.74, 6) is -1.92. The lowest BCUT2D eigenvalue weighted by atomic mass is 10.00. The van der Waals surface area contributed by atoms with Gasteiger partial charge in [-0.2, -0.15) is 0 Å². The van der Waals surface area contributed by atoms with Gasteiger partial charge in [-0.05, 0) is 65.4 Å². The minimum absolute atomic E-state index is 0.00101. The van der Waals surface area contributed by atoms with Gasteiger partial charge in [-0.15, -0.1) is 0 Å². The number of nitrogens with one attached hydrogen (secondary N) is 2. The molecule has 1 aromatic carbocycles. The molecule has 1 aliphatic carbocycles. The predicted octanol–water partition coefficient (Wildman–Crippen LogP) is 5.47. The van der Waals surface area contributed by atoms with Crippen LogP contribution in [0.25, 0.3) is 0 Å². The predicted molar refractivity (Wildman–Crippen MR) is 156 cm³/mol. The number of esters is 1. The Kier molecular flexibility index (Phi) is 12.2. The topological polar surface area (TPSA) is 159 Å². The summed E-state index contributed by atoms with van der Waals surface area (Å²) in [6.45, 7) is 5.51. The van der Waals surface area contributed by atoms with Crippen LogP contribution in [-0.2, 0) is 14.3 Å². The smallest absolute Gasteiger partial charge is 0.465 e. The first kappa shape index (κ1) is 32.9. The second-order valence-corrected chi connectivity index (χ2v) is 10.9. The molecular weight excluding hydrogens is 615 g/mol. The number of pyridine rings is 1. The highest BCUT2D eigenvalue weighted by molar-refractivity contribution is 9.10. The monoisotopic (exact) mass is 650 g/mol. The number of unbranched alkanes of at least 4 members (excludes halogenated alkanes) is 1. The van der Waals surface area contributed by atoms with Gasteiger partial charge in [0, 0.05) is 34.6 Å². The molecule has 0 aliphatic heterocycles. The van der Waals surface area contributed by atoms with Gasteiger partial charge in [0.05, 0.1) is 18.8 Å². The number of benzene rings is 1. The highest BCUT2D eigenvalue weighted by Gasteiger charge is 2.44. The van der Waals surface area contributed by atoms with Crippen molar-refractivity contribution in [1.29, 1.82) is 0 Å². The van der Waals surface area contributed by atoms with Gasteiger partial charge in [0.15, 0.2) is 11.5 Å². The molecule has 42 heavy (non-hydrogen) atoms. The van der Waals surface area contributed by atoms with Gasteiger partial charge in [0.2, 0.25) is 0 Å². The van der Waals surface area contributed by atoms with E-state index in [1.165, 1.54) is 12.3 Å². The van der Waals surface area contributed by atoms with Gasteiger partial charge in [-0.1, -0.05) is 27.2 Å². The Bertz CT molecular complexity index is 1280. The Labute approximate surface area is 252 Å². The number of anilines is 1. The van der Waals surface area contributed by atoms with Crippen molar-refractivity contribution in [1.82, 2.24) is 10.3 Å². The first-order valence-electron chi connectivity index (χ1n) is 13.9. The summed E-state index contributed by atoms with van der Waals surface area (Å²) in [4.78, 5) is 53.6. The number of amides is 2. The van der Waals surface area contributed by atoms with Crippen LogP contribution in [-0.4, -0.2) is 54.2 Å². The summed E-state index contributed by atoms with van der Waals surface area (Å²) in [6, 6.07) is 4.05. The fourth-order valence-electron chi connectivity index (χ4n) is 4.11. The molecular formula is C29H36BrFN4O7. The molecule has 1 saturated carbocycles. The van der Waals surface area contributed by atoms with E-state index in [1.54, 1.807) is 19.1 Å². The van der Waals surface area contributed by atoms with Crippen LogP contribution in [0.4, 0.5) is 19.8 Å². The van der Waals surface area contributed by atoms with Crippen molar-refractivity contribution in [2.24, 2.45) is 11.7 Å². The molecule has 228 valence electrons. The molecule has 1 heterocycles. The minimum Gasteiger partial charge on any atom is -0.465 e. The molecule has 1 aliphatic rings. The SMILES string of the molecule is CCC(=O)c1ccc(F)c(C2CC2NC(=O)Nc2ccc(Br)cn2)c1OC(=O)OCCCCOC(=O)[C@@H](N)[C@@H](C)CC. The number of ether oxygens (including phenoxy) is 3. The molecule has 11 nitrogen and oxygen atoms in total. The Morgan fingerprint density at radius 1 is 1.12 bits per heavy atom. The number of Topliss-reactive ketones (excluding diaryl/α,β-unsaturated/α-hetero) is 1. The Morgan fingerprint density at radius 3 is 2.48 bits per heavy atom. The molecule has 2 amide bonds. The maximum Gasteiger partial charge on any atom is 0.513 e. The summed E-state index contributed by atoms with van der Waals surface area (Å²) < 4.78 is 31.5. The minimum atomic E-state index is -1.10. The van der Waals surface area contributed by atoms with Crippen molar-refractivity contribution < 1.29 is 37.8 Å². The number of nitrogens with zero attached hydrogens (tertiary/aromatic N) is 1. The number of carbonyl (C=O) groups is 4.